The number of nitrogens with one attached hydrogen (secondary N) is 4. The number of halogens is 3. The van der Waals surface area contributed by atoms with Gasteiger partial charge in [0.15, 0.2) is 6.49 Å². The van der Waals surface area contributed by atoms with Crippen molar-refractivity contribution >= 4 is 117 Å². The third-order valence-corrected chi connectivity index (χ3v) is 10.3. The first kappa shape index (κ1) is 50.7. The Labute approximate surface area is 370 Å². The van der Waals surface area contributed by atoms with Crippen LogP contribution in [0, 0.1) is 5.92 Å². The third-order valence-electron chi connectivity index (χ3n) is 8.07. The largest absolute Gasteiger partial charge is 0.377 e. The van der Waals surface area contributed by atoms with Gasteiger partial charge in [0, 0.05) is 37.9 Å². The minimum atomic E-state index is -2.77. The summed E-state index contributed by atoms with van der Waals surface area (Å²) in [7, 11) is 0. The minimum absolute atomic E-state index is 0.105. The van der Waals surface area contributed by atoms with Gasteiger partial charge in [0.05, 0.1) is 84.7 Å². The van der Waals surface area contributed by atoms with Crippen molar-refractivity contribution in [2.75, 3.05) is 104 Å². The van der Waals surface area contributed by atoms with Gasteiger partial charge < -0.3 is 54.1 Å². The molecule has 0 radical (unpaired) electrons. The van der Waals surface area contributed by atoms with E-state index in [1.54, 1.807) is 93.3 Å². The normalized spacial score (nSPS) is 17.3. The van der Waals surface area contributed by atoms with Crippen LogP contribution in [-0.2, 0) is 65.3 Å². The highest BCUT2D eigenvalue weighted by atomic mass is 127. The Morgan fingerprint density at radius 1 is 0.764 bits per heavy atom. The van der Waals surface area contributed by atoms with Crippen LogP contribution in [0.1, 0.15) is 31.2 Å². The number of hydrogen-bond acceptors (Lipinski definition) is 13. The number of amides is 4. The lowest BCUT2D eigenvalue weighted by atomic mass is 9.87. The van der Waals surface area contributed by atoms with Crippen LogP contribution >= 0.6 is 75.5 Å². The van der Waals surface area contributed by atoms with E-state index < -0.39 is 30.3 Å². The summed E-state index contributed by atoms with van der Waals surface area (Å²) in [4.78, 5) is 64.6. The van der Waals surface area contributed by atoms with E-state index in [0.717, 1.165) is 5.56 Å². The number of ether oxygens (including phenoxy) is 3. The summed E-state index contributed by atoms with van der Waals surface area (Å²) in [6, 6.07) is 6.19. The molecule has 4 amide bonds. The monoisotopic (exact) mass is 1160 g/mol. The summed E-state index contributed by atoms with van der Waals surface area (Å²) < 4.78 is 36.8. The fourth-order valence-corrected chi connectivity index (χ4v) is 7.18. The first-order valence-electron chi connectivity index (χ1n) is 17.8. The molecule has 1 fully saturated rings. The van der Waals surface area contributed by atoms with E-state index in [-0.39, 0.29) is 76.9 Å². The van der Waals surface area contributed by atoms with E-state index in [0.29, 0.717) is 71.0 Å². The zero-order valence-electron chi connectivity index (χ0n) is 30.9. The van der Waals surface area contributed by atoms with Gasteiger partial charge in [0.2, 0.25) is 23.6 Å². The van der Waals surface area contributed by atoms with Crippen LogP contribution in [0.3, 0.4) is 0 Å². The van der Waals surface area contributed by atoms with Gasteiger partial charge in [0.25, 0.3) is 0 Å². The maximum Gasteiger partial charge on any atom is 0.237 e. The Morgan fingerprint density at radius 2 is 1.24 bits per heavy atom. The summed E-state index contributed by atoms with van der Waals surface area (Å²) in [6.07, 6.45) is 2.54. The lowest BCUT2D eigenvalue weighted by Crippen LogP contribution is -2.54. The molecule has 2 rings (SSSR count). The maximum absolute atomic E-state index is 13.8. The minimum Gasteiger partial charge on any atom is -0.377 e. The fourth-order valence-electron chi connectivity index (χ4n) is 5.51. The summed E-state index contributed by atoms with van der Waals surface area (Å²) >= 11 is 10.3. The highest BCUT2D eigenvalue weighted by Gasteiger charge is 2.31. The van der Waals surface area contributed by atoms with Crippen LogP contribution in [0.15, 0.2) is 24.3 Å². The van der Waals surface area contributed by atoms with Crippen molar-refractivity contribution < 1.29 is 52.0 Å². The van der Waals surface area contributed by atoms with Crippen molar-refractivity contribution in [2.24, 2.45) is 5.92 Å². The molecule has 0 aromatic heterocycles. The molecule has 17 nitrogen and oxygen atoms in total. The van der Waals surface area contributed by atoms with Crippen LogP contribution in [0.4, 0.5) is 5.69 Å². The van der Waals surface area contributed by atoms with Crippen molar-refractivity contribution in [1.82, 2.24) is 20.9 Å². The Morgan fingerprint density at radius 3 is 1.69 bits per heavy atom. The molecule has 314 valence electrons. The van der Waals surface area contributed by atoms with Gasteiger partial charge in [0.1, 0.15) is 69.0 Å². The van der Waals surface area contributed by atoms with Crippen LogP contribution in [-0.4, -0.2) is 144 Å². The molecule has 0 saturated heterocycles. The second-order valence-electron chi connectivity index (χ2n) is 12.5. The topological polar surface area (TPSA) is 204 Å². The fraction of sp³-hybridized carbons (Fsp3) is 0.697. The first-order chi connectivity index (χ1) is 26.4. The standard InChI is InChI=1S/C33H53I3N5O12PS/c1-54(46,55)53-28-8-4-26(5-9-28)32(44)40-27-6-2-25(3-7-27)22-29(33(45)39-12-15-49-18-21-52-36)41(23-30(42)37-10-13-47-16-19-50-34)24-31(43)38-11-14-48-17-20-51-35/h2-3,6-7,26,28-29H,4-5,8-24H2,1H3,(H,37,42)(H,38,43)(H,39,45)(H,40,44)(H,46,55). The summed E-state index contributed by atoms with van der Waals surface area (Å²) in [5.41, 5.74) is 1.34. The molecular formula is C33H53I3N5O12PS. The molecule has 1 aromatic rings. The van der Waals surface area contributed by atoms with Gasteiger partial charge in [-0.15, -0.1) is 0 Å². The molecule has 1 aliphatic carbocycles. The number of rotatable bonds is 30. The van der Waals surface area contributed by atoms with Crippen LogP contribution in [0.5, 0.6) is 0 Å². The van der Waals surface area contributed by atoms with Crippen molar-refractivity contribution in [1.29, 1.82) is 0 Å². The molecule has 0 spiro atoms. The number of benzene rings is 1. The van der Waals surface area contributed by atoms with Gasteiger partial charge in [-0.25, -0.2) is 0 Å². The molecule has 55 heavy (non-hydrogen) atoms. The molecule has 0 bridgehead atoms. The lowest BCUT2D eigenvalue weighted by Gasteiger charge is -2.30. The Bertz CT molecular complexity index is 1290. The summed E-state index contributed by atoms with van der Waals surface area (Å²) in [5.74, 6) is -1.48. The lowest BCUT2D eigenvalue weighted by molar-refractivity contribution is -0.131. The highest BCUT2D eigenvalue weighted by Crippen LogP contribution is 2.42. The van der Waals surface area contributed by atoms with Gasteiger partial charge in [-0.2, -0.15) is 0 Å². The van der Waals surface area contributed by atoms with Crippen molar-refractivity contribution in [3.63, 3.8) is 0 Å². The zero-order valence-corrected chi connectivity index (χ0v) is 39.0. The van der Waals surface area contributed by atoms with E-state index in [1.165, 1.54) is 11.6 Å². The molecule has 0 aliphatic heterocycles. The predicted octanol–water partition coefficient (Wildman–Crippen LogP) is 2.84. The number of anilines is 1. The number of nitrogens with zero attached hydrogens (tertiary/aromatic N) is 1. The van der Waals surface area contributed by atoms with Crippen molar-refractivity contribution in [3.8, 4) is 0 Å². The summed E-state index contributed by atoms with van der Waals surface area (Å²) in [5, 5.41) is 11.4. The second kappa shape index (κ2) is 30.6. The summed E-state index contributed by atoms with van der Waals surface area (Å²) in [6.45, 7) is 2.02. The molecule has 2 atom stereocenters. The van der Waals surface area contributed by atoms with Crippen molar-refractivity contribution in [2.45, 2.75) is 44.2 Å². The first-order valence-corrected chi connectivity index (χ1v) is 23.6. The quantitative estimate of drug-likeness (QED) is 0.0428. The molecule has 2 unspecified atom stereocenters. The molecular weight excluding hydrogens is 1100 g/mol. The van der Waals surface area contributed by atoms with Gasteiger partial charge in [-0.3, -0.25) is 24.1 Å². The number of carbonyl (C=O) groups is 4. The molecule has 5 N–H and O–H groups in total. The van der Waals surface area contributed by atoms with Crippen molar-refractivity contribution in [3.05, 3.63) is 29.8 Å². The van der Waals surface area contributed by atoms with Crippen LogP contribution in [0.2, 0.25) is 0 Å². The number of carbonyl (C=O) groups excluding carboxylic acids is 4. The average molecular weight is 1160 g/mol. The van der Waals surface area contributed by atoms with Gasteiger partial charge in [-0.05, 0) is 61.6 Å². The van der Waals surface area contributed by atoms with E-state index in [9.17, 15) is 24.1 Å². The molecule has 1 aliphatic rings. The van der Waals surface area contributed by atoms with Crippen LogP contribution < -0.4 is 21.3 Å². The SMILES string of the molecule is CP(O)(=S)OC1CCC(C(=O)Nc2ccc(CC(C(=O)NCCOCCOI)N(CC(=O)NCCOCCOI)CC(=O)NCCOCCOI)cc2)CC1. The average Bonchev–Trinajstić information content (AvgIpc) is 3.14. The molecule has 22 heteroatoms. The van der Waals surface area contributed by atoms with E-state index in [4.69, 9.17) is 39.7 Å². The van der Waals surface area contributed by atoms with Gasteiger partial charge in [-0.1, -0.05) is 12.1 Å². The second-order valence-corrected chi connectivity index (χ2v) is 18.2. The van der Waals surface area contributed by atoms with Gasteiger partial charge >= 0.3 is 0 Å². The predicted molar refractivity (Wildman–Crippen MR) is 235 cm³/mol. The highest BCUT2D eigenvalue weighted by molar-refractivity contribution is 14.1. The number of hydrogen-bond donors (Lipinski definition) is 5. The smallest absolute Gasteiger partial charge is 0.237 e. The molecule has 1 aromatic carbocycles. The van der Waals surface area contributed by atoms with E-state index in [1.807, 2.05) is 0 Å². The van der Waals surface area contributed by atoms with Crippen LogP contribution in [0.25, 0.3) is 0 Å². The molecule has 0 heterocycles. The van der Waals surface area contributed by atoms with E-state index in [2.05, 4.69) is 21.3 Å². The maximum atomic E-state index is 13.8. The third kappa shape index (κ3) is 24.3. The Kier molecular flexibility index (Phi) is 28.2. The zero-order chi connectivity index (χ0) is 40.3. The Hall–Kier alpha value is -0.420. The van der Waals surface area contributed by atoms with E-state index >= 15 is 0 Å². The molecule has 1 saturated carbocycles. The Balaban J connectivity index is 2.17.